The summed E-state index contributed by atoms with van der Waals surface area (Å²) in [7, 11) is 0. The van der Waals surface area contributed by atoms with Crippen LogP contribution in [0.5, 0.6) is 0 Å². The molecule has 0 spiro atoms. The first kappa shape index (κ1) is 6.99. The van der Waals surface area contributed by atoms with Crippen LogP contribution in [0.25, 0.3) is 0 Å². The zero-order valence-electron chi connectivity index (χ0n) is 5.67. The molecule has 0 aliphatic carbocycles. The molecular formula is C6H13NO2. The van der Waals surface area contributed by atoms with Crippen molar-refractivity contribution in [1.29, 1.82) is 0 Å². The molecule has 3 heteroatoms. The standard InChI is InChI=1S/C6H13NO2/c1-5-4-8-6(9-5)2-3-7/h5-6H,2-4,7H2,1H3. The van der Waals surface area contributed by atoms with E-state index in [9.17, 15) is 0 Å². The van der Waals surface area contributed by atoms with Crippen molar-refractivity contribution in [3.63, 3.8) is 0 Å². The SMILES string of the molecule is CC1COC(CCN)O1. The lowest BCUT2D eigenvalue weighted by atomic mass is 10.4. The van der Waals surface area contributed by atoms with Gasteiger partial charge in [-0.3, -0.25) is 0 Å². The molecule has 54 valence electrons. The monoisotopic (exact) mass is 131 g/mol. The van der Waals surface area contributed by atoms with Crippen molar-refractivity contribution in [2.75, 3.05) is 13.2 Å². The van der Waals surface area contributed by atoms with Crippen LogP contribution < -0.4 is 5.73 Å². The van der Waals surface area contributed by atoms with E-state index in [1.807, 2.05) is 6.92 Å². The Morgan fingerprint density at radius 3 is 2.89 bits per heavy atom. The molecule has 2 unspecified atom stereocenters. The van der Waals surface area contributed by atoms with Gasteiger partial charge >= 0.3 is 0 Å². The fraction of sp³-hybridized carbons (Fsp3) is 1.00. The third-order valence-electron chi connectivity index (χ3n) is 1.30. The number of ether oxygens (including phenoxy) is 2. The number of hydrogen-bond acceptors (Lipinski definition) is 3. The second-order valence-electron chi connectivity index (χ2n) is 2.29. The fourth-order valence-electron chi connectivity index (χ4n) is 0.868. The zero-order chi connectivity index (χ0) is 6.69. The molecule has 1 heterocycles. The van der Waals surface area contributed by atoms with Gasteiger partial charge in [-0.1, -0.05) is 0 Å². The first-order chi connectivity index (χ1) is 4.33. The van der Waals surface area contributed by atoms with Gasteiger partial charge in [0.05, 0.1) is 12.7 Å². The van der Waals surface area contributed by atoms with Crippen LogP contribution in [-0.2, 0) is 9.47 Å². The third kappa shape index (κ3) is 1.93. The van der Waals surface area contributed by atoms with Crippen LogP contribution in [0.4, 0.5) is 0 Å². The van der Waals surface area contributed by atoms with Crippen LogP contribution in [-0.4, -0.2) is 25.5 Å². The molecule has 1 aliphatic heterocycles. The van der Waals surface area contributed by atoms with Crippen molar-refractivity contribution in [2.45, 2.75) is 25.7 Å². The number of nitrogens with two attached hydrogens (primary N) is 1. The maximum absolute atomic E-state index is 5.30. The highest BCUT2D eigenvalue weighted by Crippen LogP contribution is 2.12. The molecule has 3 nitrogen and oxygen atoms in total. The van der Waals surface area contributed by atoms with E-state index in [1.165, 1.54) is 0 Å². The molecule has 0 aromatic carbocycles. The number of hydrogen-bond donors (Lipinski definition) is 1. The van der Waals surface area contributed by atoms with Crippen molar-refractivity contribution < 1.29 is 9.47 Å². The van der Waals surface area contributed by atoms with Gasteiger partial charge in [0.1, 0.15) is 0 Å². The molecule has 0 saturated carbocycles. The molecule has 1 aliphatic rings. The van der Waals surface area contributed by atoms with Crippen molar-refractivity contribution in [1.82, 2.24) is 0 Å². The van der Waals surface area contributed by atoms with E-state index in [4.69, 9.17) is 15.2 Å². The summed E-state index contributed by atoms with van der Waals surface area (Å²) in [4.78, 5) is 0. The van der Waals surface area contributed by atoms with Gasteiger partial charge in [-0.05, 0) is 13.5 Å². The first-order valence-electron chi connectivity index (χ1n) is 3.30. The Morgan fingerprint density at radius 2 is 2.44 bits per heavy atom. The molecule has 0 aromatic rings. The van der Waals surface area contributed by atoms with Crippen LogP contribution in [0, 0.1) is 0 Å². The summed E-state index contributed by atoms with van der Waals surface area (Å²) in [5.41, 5.74) is 5.29. The van der Waals surface area contributed by atoms with E-state index < -0.39 is 0 Å². The van der Waals surface area contributed by atoms with E-state index in [0.717, 1.165) is 6.42 Å². The van der Waals surface area contributed by atoms with Crippen LogP contribution in [0.15, 0.2) is 0 Å². The van der Waals surface area contributed by atoms with E-state index in [1.54, 1.807) is 0 Å². The highest BCUT2D eigenvalue weighted by molar-refractivity contribution is 4.59. The first-order valence-corrected chi connectivity index (χ1v) is 3.30. The van der Waals surface area contributed by atoms with E-state index in [-0.39, 0.29) is 12.4 Å². The van der Waals surface area contributed by atoms with Crippen LogP contribution in [0.1, 0.15) is 13.3 Å². The maximum atomic E-state index is 5.30. The lowest BCUT2D eigenvalue weighted by molar-refractivity contribution is -0.0572. The minimum absolute atomic E-state index is 0.0370. The topological polar surface area (TPSA) is 44.5 Å². The molecule has 2 N–H and O–H groups in total. The Bertz CT molecular complexity index is 85.1. The van der Waals surface area contributed by atoms with Gasteiger partial charge in [0, 0.05) is 6.42 Å². The van der Waals surface area contributed by atoms with Gasteiger partial charge in [-0.15, -0.1) is 0 Å². The van der Waals surface area contributed by atoms with Gasteiger partial charge < -0.3 is 15.2 Å². The minimum atomic E-state index is -0.0370. The Balaban J connectivity index is 2.14. The Labute approximate surface area is 55.1 Å². The predicted octanol–water partition coefficient (Wildman–Crippen LogP) is 0.0966. The third-order valence-corrected chi connectivity index (χ3v) is 1.30. The van der Waals surface area contributed by atoms with Crippen molar-refractivity contribution >= 4 is 0 Å². The van der Waals surface area contributed by atoms with Crippen LogP contribution in [0.3, 0.4) is 0 Å². The molecule has 2 atom stereocenters. The summed E-state index contributed by atoms with van der Waals surface area (Å²) in [6, 6.07) is 0. The summed E-state index contributed by atoms with van der Waals surface area (Å²) in [5, 5.41) is 0. The van der Waals surface area contributed by atoms with E-state index >= 15 is 0 Å². The lowest BCUT2D eigenvalue weighted by Gasteiger charge is -2.06. The second-order valence-corrected chi connectivity index (χ2v) is 2.29. The molecule has 0 bridgehead atoms. The van der Waals surface area contributed by atoms with Gasteiger partial charge in [-0.2, -0.15) is 0 Å². The van der Waals surface area contributed by atoms with E-state index in [0.29, 0.717) is 13.2 Å². The molecule has 0 amide bonds. The average Bonchev–Trinajstić information content (AvgIpc) is 2.17. The Hall–Kier alpha value is -0.120. The summed E-state index contributed by atoms with van der Waals surface area (Å²) < 4.78 is 10.5. The van der Waals surface area contributed by atoms with Gasteiger partial charge in [0.15, 0.2) is 6.29 Å². The average molecular weight is 131 g/mol. The van der Waals surface area contributed by atoms with Gasteiger partial charge in [0.2, 0.25) is 0 Å². The minimum Gasteiger partial charge on any atom is -0.350 e. The quantitative estimate of drug-likeness (QED) is 0.578. The van der Waals surface area contributed by atoms with Crippen LogP contribution in [0.2, 0.25) is 0 Å². The molecule has 0 radical (unpaired) electrons. The summed E-state index contributed by atoms with van der Waals surface area (Å²) in [6.07, 6.45) is 1.02. The van der Waals surface area contributed by atoms with Crippen molar-refractivity contribution in [3.8, 4) is 0 Å². The Kier molecular flexibility index (Phi) is 2.45. The molecule has 0 aromatic heterocycles. The van der Waals surface area contributed by atoms with Gasteiger partial charge in [-0.25, -0.2) is 0 Å². The lowest BCUT2D eigenvalue weighted by Crippen LogP contribution is -2.14. The maximum Gasteiger partial charge on any atom is 0.159 e. The highest BCUT2D eigenvalue weighted by atomic mass is 16.7. The highest BCUT2D eigenvalue weighted by Gasteiger charge is 2.20. The smallest absolute Gasteiger partial charge is 0.159 e. The predicted molar refractivity (Wildman–Crippen MR) is 34.0 cm³/mol. The number of rotatable bonds is 2. The second kappa shape index (κ2) is 3.15. The molecule has 1 rings (SSSR count). The van der Waals surface area contributed by atoms with Crippen molar-refractivity contribution in [3.05, 3.63) is 0 Å². The molecule has 1 saturated heterocycles. The normalized spacial score (nSPS) is 35.3. The van der Waals surface area contributed by atoms with Crippen molar-refractivity contribution in [2.24, 2.45) is 5.73 Å². The molecular weight excluding hydrogens is 118 g/mol. The zero-order valence-corrected chi connectivity index (χ0v) is 5.67. The van der Waals surface area contributed by atoms with Crippen LogP contribution >= 0.6 is 0 Å². The summed E-state index contributed by atoms with van der Waals surface area (Å²) in [6.45, 7) is 3.35. The van der Waals surface area contributed by atoms with E-state index in [2.05, 4.69) is 0 Å². The summed E-state index contributed by atoms with van der Waals surface area (Å²) >= 11 is 0. The summed E-state index contributed by atoms with van der Waals surface area (Å²) in [5.74, 6) is 0. The largest absolute Gasteiger partial charge is 0.350 e. The fourth-order valence-corrected chi connectivity index (χ4v) is 0.868. The Morgan fingerprint density at radius 1 is 1.67 bits per heavy atom. The molecule has 1 fully saturated rings. The molecule has 9 heavy (non-hydrogen) atoms. The van der Waals surface area contributed by atoms with Gasteiger partial charge in [0.25, 0.3) is 0 Å².